The van der Waals surface area contributed by atoms with E-state index in [4.69, 9.17) is 21.1 Å². The van der Waals surface area contributed by atoms with Crippen molar-refractivity contribution in [2.45, 2.75) is 12.7 Å². The van der Waals surface area contributed by atoms with E-state index < -0.39 is 6.29 Å². The van der Waals surface area contributed by atoms with Crippen LogP contribution in [0.25, 0.3) is 0 Å². The van der Waals surface area contributed by atoms with Crippen LogP contribution in [0.1, 0.15) is 5.56 Å². The van der Waals surface area contributed by atoms with E-state index in [-0.39, 0.29) is 0 Å². The maximum Gasteiger partial charge on any atom is 0.173 e. The molecule has 0 fully saturated rings. The molecule has 0 amide bonds. The van der Waals surface area contributed by atoms with Crippen molar-refractivity contribution < 1.29 is 9.47 Å². The molecule has 0 aliphatic carbocycles. The maximum atomic E-state index is 10.4. The predicted molar refractivity (Wildman–Crippen MR) is 72.6 cm³/mol. The van der Waals surface area contributed by atoms with Gasteiger partial charge >= 0.3 is 0 Å². The van der Waals surface area contributed by atoms with E-state index in [2.05, 4.69) is 15.5 Å². The molecule has 0 unspecified atom stereocenters. The van der Waals surface area contributed by atoms with Crippen LogP contribution in [0.5, 0.6) is 0 Å². The summed E-state index contributed by atoms with van der Waals surface area (Å²) >= 11 is 5.71. The largest absolute Gasteiger partial charge is 0.382 e. The molecule has 19 heavy (non-hydrogen) atoms. The van der Waals surface area contributed by atoms with Crippen molar-refractivity contribution in [3.63, 3.8) is 0 Å². The van der Waals surface area contributed by atoms with Gasteiger partial charge in [-0.15, -0.1) is 4.91 Å². The van der Waals surface area contributed by atoms with Crippen LogP contribution < -0.4 is 5.32 Å². The van der Waals surface area contributed by atoms with Gasteiger partial charge in [0.25, 0.3) is 0 Å². The number of rotatable bonds is 8. The highest BCUT2D eigenvalue weighted by Crippen LogP contribution is 2.09. The highest BCUT2D eigenvalue weighted by Gasteiger charge is 2.07. The van der Waals surface area contributed by atoms with Crippen molar-refractivity contribution in [2.75, 3.05) is 20.8 Å². The smallest absolute Gasteiger partial charge is 0.173 e. The average molecular weight is 286 g/mol. The Labute approximate surface area is 116 Å². The molecule has 7 heteroatoms. The lowest BCUT2D eigenvalue weighted by atomic mass is 10.1. The Morgan fingerprint density at radius 3 is 2.79 bits per heavy atom. The van der Waals surface area contributed by atoms with Gasteiger partial charge in [-0.25, -0.2) is 4.98 Å². The van der Waals surface area contributed by atoms with Crippen molar-refractivity contribution in [2.24, 2.45) is 5.18 Å². The number of nitroso groups, excluding NO2 is 1. The molecule has 0 spiro atoms. The summed E-state index contributed by atoms with van der Waals surface area (Å²) in [5.41, 5.74) is 1.57. The fourth-order valence-electron chi connectivity index (χ4n) is 1.43. The zero-order chi connectivity index (χ0) is 14.1. The van der Waals surface area contributed by atoms with E-state index in [1.54, 1.807) is 26.5 Å². The number of halogens is 1. The third-order valence-corrected chi connectivity index (χ3v) is 2.64. The first-order valence-corrected chi connectivity index (χ1v) is 5.98. The molecule has 0 saturated heterocycles. The van der Waals surface area contributed by atoms with Crippen LogP contribution in [0.4, 0.5) is 0 Å². The molecule has 0 radical (unpaired) electrons. The fraction of sp³-hybridized carbons (Fsp3) is 0.417. The Morgan fingerprint density at radius 1 is 1.53 bits per heavy atom. The van der Waals surface area contributed by atoms with Gasteiger partial charge in [0.2, 0.25) is 0 Å². The highest BCUT2D eigenvalue weighted by atomic mass is 35.5. The first kappa shape index (κ1) is 15.6. The molecular formula is C12H16ClN3O3. The van der Waals surface area contributed by atoms with Gasteiger partial charge in [-0.3, -0.25) is 0 Å². The molecule has 0 aliphatic heterocycles. The summed E-state index contributed by atoms with van der Waals surface area (Å²) in [5.74, 6) is 0. The summed E-state index contributed by atoms with van der Waals surface area (Å²) in [5, 5.41) is 6.24. The molecule has 0 aromatic carbocycles. The zero-order valence-electron chi connectivity index (χ0n) is 10.8. The first-order chi connectivity index (χ1) is 9.19. The third-order valence-electron chi connectivity index (χ3n) is 2.41. The summed E-state index contributed by atoms with van der Waals surface area (Å²) in [4.78, 5) is 14.3. The number of hydrogen-bond acceptors (Lipinski definition) is 6. The molecular weight excluding hydrogens is 270 g/mol. The summed E-state index contributed by atoms with van der Waals surface area (Å²) in [6.07, 6.45) is 2.97. The minimum absolute atomic E-state index is 0.390. The Kier molecular flexibility index (Phi) is 7.02. The highest BCUT2D eigenvalue weighted by molar-refractivity contribution is 6.29. The van der Waals surface area contributed by atoms with Crippen LogP contribution >= 0.6 is 11.6 Å². The van der Waals surface area contributed by atoms with E-state index >= 15 is 0 Å². The Balaban J connectivity index is 2.60. The SMILES string of the molecule is COC(CN/C(=C\N=O)Cc1ccc(Cl)nc1)OC. The van der Waals surface area contributed by atoms with Crippen LogP contribution in [-0.2, 0) is 15.9 Å². The number of hydrogen-bond donors (Lipinski definition) is 1. The lowest BCUT2D eigenvalue weighted by Crippen LogP contribution is -2.29. The quantitative estimate of drug-likeness (QED) is 0.450. The minimum atomic E-state index is -0.390. The van der Waals surface area contributed by atoms with E-state index in [9.17, 15) is 4.91 Å². The van der Waals surface area contributed by atoms with Crippen LogP contribution in [-0.4, -0.2) is 32.0 Å². The van der Waals surface area contributed by atoms with Gasteiger partial charge in [-0.2, -0.15) is 0 Å². The number of allylic oxidation sites excluding steroid dienone is 1. The molecule has 1 rings (SSSR count). The molecule has 1 heterocycles. The summed E-state index contributed by atoms with van der Waals surface area (Å²) in [7, 11) is 3.08. The van der Waals surface area contributed by atoms with Crippen molar-refractivity contribution in [3.05, 3.63) is 45.9 Å². The van der Waals surface area contributed by atoms with E-state index in [0.717, 1.165) is 5.56 Å². The second kappa shape index (κ2) is 8.58. The van der Waals surface area contributed by atoms with Gasteiger partial charge in [0, 0.05) is 32.5 Å². The molecule has 0 atom stereocenters. The average Bonchev–Trinajstić information content (AvgIpc) is 2.42. The van der Waals surface area contributed by atoms with E-state index in [1.165, 1.54) is 6.20 Å². The van der Waals surface area contributed by atoms with Crippen LogP contribution in [0, 0.1) is 4.91 Å². The van der Waals surface area contributed by atoms with Crippen molar-refractivity contribution in [1.29, 1.82) is 0 Å². The van der Waals surface area contributed by atoms with Gasteiger partial charge in [0.05, 0.1) is 12.7 Å². The second-order valence-corrected chi connectivity index (χ2v) is 4.09. The number of nitrogens with one attached hydrogen (secondary N) is 1. The van der Waals surface area contributed by atoms with Gasteiger partial charge in [-0.1, -0.05) is 17.7 Å². The standard InChI is InChI=1S/C12H16ClN3O3/c1-18-12(19-2)8-14-10(7-16-17)5-9-3-4-11(13)15-6-9/h3-4,6-7,12,14H,5,8H2,1-2H3/b10-7-. The van der Waals surface area contributed by atoms with Gasteiger partial charge in [-0.05, 0) is 16.8 Å². The number of pyridine rings is 1. The summed E-state index contributed by atoms with van der Waals surface area (Å²) in [6, 6.07) is 3.52. The Morgan fingerprint density at radius 2 is 2.26 bits per heavy atom. The number of aromatic nitrogens is 1. The predicted octanol–water partition coefficient (Wildman–Crippen LogP) is 2.09. The summed E-state index contributed by atoms with van der Waals surface area (Å²) < 4.78 is 10.1. The van der Waals surface area contributed by atoms with Crippen molar-refractivity contribution in [1.82, 2.24) is 10.3 Å². The monoisotopic (exact) mass is 285 g/mol. The van der Waals surface area contributed by atoms with E-state index in [0.29, 0.717) is 23.8 Å². The van der Waals surface area contributed by atoms with Crippen molar-refractivity contribution >= 4 is 11.6 Å². The molecule has 1 N–H and O–H groups in total. The van der Waals surface area contributed by atoms with E-state index in [1.807, 2.05) is 6.07 Å². The first-order valence-electron chi connectivity index (χ1n) is 5.61. The number of nitrogens with zero attached hydrogens (tertiary/aromatic N) is 2. The van der Waals surface area contributed by atoms with Crippen molar-refractivity contribution in [3.8, 4) is 0 Å². The van der Waals surface area contributed by atoms with Crippen LogP contribution in [0.15, 0.2) is 35.4 Å². The molecule has 0 saturated carbocycles. The third kappa shape index (κ3) is 5.78. The fourth-order valence-corrected chi connectivity index (χ4v) is 1.54. The second-order valence-electron chi connectivity index (χ2n) is 3.71. The topological polar surface area (TPSA) is 72.8 Å². The van der Waals surface area contributed by atoms with Gasteiger partial charge in [0.15, 0.2) is 6.29 Å². The molecule has 1 aromatic heterocycles. The minimum Gasteiger partial charge on any atom is -0.382 e. The molecule has 6 nitrogen and oxygen atoms in total. The molecule has 0 bridgehead atoms. The van der Waals surface area contributed by atoms with Gasteiger partial charge in [0.1, 0.15) is 5.15 Å². The zero-order valence-corrected chi connectivity index (χ0v) is 11.6. The Bertz CT molecular complexity index is 419. The lowest BCUT2D eigenvalue weighted by molar-refractivity contribution is -0.0976. The molecule has 104 valence electrons. The maximum absolute atomic E-state index is 10.4. The lowest BCUT2D eigenvalue weighted by Gasteiger charge is -2.16. The normalized spacial score (nSPS) is 11.7. The summed E-state index contributed by atoms with van der Waals surface area (Å²) in [6.45, 7) is 0.412. The van der Waals surface area contributed by atoms with Crippen LogP contribution in [0.3, 0.4) is 0 Å². The molecule has 0 aliphatic rings. The van der Waals surface area contributed by atoms with Crippen LogP contribution in [0.2, 0.25) is 5.15 Å². The number of ether oxygens (including phenoxy) is 2. The molecule has 1 aromatic rings. The Hall–Kier alpha value is -1.50. The van der Waals surface area contributed by atoms with Gasteiger partial charge < -0.3 is 14.8 Å². The number of methoxy groups -OCH3 is 2.